The summed E-state index contributed by atoms with van der Waals surface area (Å²) in [5, 5.41) is 2.81. The monoisotopic (exact) mass is 207 g/mol. The average molecular weight is 207 g/mol. The normalized spacial score (nSPS) is 12.3. The molecule has 0 fully saturated rings. The van der Waals surface area contributed by atoms with Crippen molar-refractivity contribution in [3.63, 3.8) is 0 Å². The zero-order valence-electron chi connectivity index (χ0n) is 9.63. The van der Waals surface area contributed by atoms with Crippen LogP contribution in [0.5, 0.6) is 0 Å². The number of carbonyl (C=O) groups is 1. The molecule has 1 aromatic rings. The summed E-state index contributed by atoms with van der Waals surface area (Å²) in [5.41, 5.74) is 3.09. The molecule has 0 saturated heterocycles. The first-order valence-corrected chi connectivity index (χ1v) is 4.95. The van der Waals surface area contributed by atoms with Crippen molar-refractivity contribution in [1.29, 1.82) is 0 Å². The summed E-state index contributed by atoms with van der Waals surface area (Å²) in [4.78, 5) is 11.5. The van der Waals surface area contributed by atoms with Gasteiger partial charge in [0.25, 0.3) is 5.91 Å². The second-order valence-electron chi connectivity index (χ2n) is 3.74. The van der Waals surface area contributed by atoms with E-state index in [2.05, 4.69) is 11.4 Å². The highest BCUT2D eigenvalue weighted by atomic mass is 16.5. The van der Waals surface area contributed by atoms with Crippen LogP contribution in [0.2, 0.25) is 0 Å². The number of methoxy groups -OCH3 is 1. The van der Waals surface area contributed by atoms with Gasteiger partial charge in [0.15, 0.2) is 0 Å². The van der Waals surface area contributed by atoms with Crippen LogP contribution in [0.1, 0.15) is 18.1 Å². The van der Waals surface area contributed by atoms with Gasteiger partial charge >= 0.3 is 0 Å². The lowest BCUT2D eigenvalue weighted by molar-refractivity contribution is -0.124. The molecule has 0 aromatic heterocycles. The maximum Gasteiger partial charge on any atom is 0.253 e. The van der Waals surface area contributed by atoms with Gasteiger partial charge in [-0.15, -0.1) is 0 Å². The number of aryl methyl sites for hydroxylation is 2. The number of carbonyl (C=O) groups excluding carboxylic acids is 1. The number of hydrogen-bond acceptors (Lipinski definition) is 2. The van der Waals surface area contributed by atoms with E-state index in [4.69, 9.17) is 4.74 Å². The first kappa shape index (κ1) is 11.7. The highest BCUT2D eigenvalue weighted by molar-refractivity contribution is 5.94. The molecule has 0 aliphatic carbocycles. The Labute approximate surface area is 90.4 Å². The molecule has 82 valence electrons. The molecule has 1 rings (SSSR count). The third kappa shape index (κ3) is 3.36. The van der Waals surface area contributed by atoms with Crippen molar-refractivity contribution < 1.29 is 9.53 Å². The highest BCUT2D eigenvalue weighted by Gasteiger charge is 2.11. The van der Waals surface area contributed by atoms with Gasteiger partial charge < -0.3 is 10.1 Å². The van der Waals surface area contributed by atoms with Gasteiger partial charge in [-0.1, -0.05) is 6.07 Å². The van der Waals surface area contributed by atoms with E-state index in [0.29, 0.717) is 0 Å². The first-order chi connectivity index (χ1) is 7.02. The number of nitrogens with one attached hydrogen (secondary N) is 1. The Bertz CT molecular complexity index is 340. The number of anilines is 1. The molecule has 15 heavy (non-hydrogen) atoms. The zero-order chi connectivity index (χ0) is 11.4. The van der Waals surface area contributed by atoms with Crippen molar-refractivity contribution in [2.75, 3.05) is 12.4 Å². The quantitative estimate of drug-likeness (QED) is 0.825. The molecule has 3 nitrogen and oxygen atoms in total. The predicted molar refractivity (Wildman–Crippen MR) is 61.0 cm³/mol. The Morgan fingerprint density at radius 1 is 1.27 bits per heavy atom. The molecule has 0 aliphatic heterocycles. The number of benzene rings is 1. The summed E-state index contributed by atoms with van der Waals surface area (Å²) in [6, 6.07) is 5.94. The molecule has 1 atom stereocenters. The van der Waals surface area contributed by atoms with Crippen LogP contribution in [0.25, 0.3) is 0 Å². The van der Waals surface area contributed by atoms with Crippen molar-refractivity contribution >= 4 is 11.6 Å². The SMILES string of the molecule is COC(C)C(=O)Nc1cc(C)cc(C)c1. The lowest BCUT2D eigenvalue weighted by atomic mass is 10.1. The fourth-order valence-electron chi connectivity index (χ4n) is 1.40. The third-order valence-corrected chi connectivity index (χ3v) is 2.21. The van der Waals surface area contributed by atoms with Crippen molar-refractivity contribution in [1.82, 2.24) is 0 Å². The van der Waals surface area contributed by atoms with Gasteiger partial charge in [0.05, 0.1) is 0 Å². The summed E-state index contributed by atoms with van der Waals surface area (Å²) >= 11 is 0. The maximum absolute atomic E-state index is 11.5. The van der Waals surface area contributed by atoms with E-state index >= 15 is 0 Å². The molecule has 1 N–H and O–H groups in total. The Kier molecular flexibility index (Phi) is 3.86. The standard InChI is InChI=1S/C12H17NO2/c1-8-5-9(2)7-11(6-8)13-12(14)10(3)15-4/h5-7,10H,1-4H3,(H,13,14). The van der Waals surface area contributed by atoms with E-state index in [1.165, 1.54) is 7.11 Å². The van der Waals surface area contributed by atoms with Crippen molar-refractivity contribution in [3.8, 4) is 0 Å². The van der Waals surface area contributed by atoms with Crippen LogP contribution >= 0.6 is 0 Å². The molecular formula is C12H17NO2. The second-order valence-corrected chi connectivity index (χ2v) is 3.74. The minimum absolute atomic E-state index is 0.123. The molecule has 0 heterocycles. The Morgan fingerprint density at radius 3 is 2.27 bits per heavy atom. The average Bonchev–Trinajstić information content (AvgIpc) is 2.14. The van der Waals surface area contributed by atoms with Gasteiger partial charge in [-0.25, -0.2) is 0 Å². The van der Waals surface area contributed by atoms with Crippen molar-refractivity contribution in [3.05, 3.63) is 29.3 Å². The molecule has 0 aliphatic rings. The summed E-state index contributed by atoms with van der Waals surface area (Å²) in [6.07, 6.45) is -0.425. The number of amides is 1. The van der Waals surface area contributed by atoms with Crippen molar-refractivity contribution in [2.24, 2.45) is 0 Å². The number of hydrogen-bond donors (Lipinski definition) is 1. The summed E-state index contributed by atoms with van der Waals surface area (Å²) in [7, 11) is 1.52. The summed E-state index contributed by atoms with van der Waals surface area (Å²) in [6.45, 7) is 5.72. The molecular weight excluding hydrogens is 190 g/mol. The molecule has 3 heteroatoms. The lowest BCUT2D eigenvalue weighted by Crippen LogP contribution is -2.26. The van der Waals surface area contributed by atoms with Crippen molar-refractivity contribution in [2.45, 2.75) is 26.9 Å². The van der Waals surface area contributed by atoms with E-state index < -0.39 is 6.10 Å². The molecule has 0 bridgehead atoms. The molecule has 1 amide bonds. The van der Waals surface area contributed by atoms with E-state index in [0.717, 1.165) is 16.8 Å². The van der Waals surface area contributed by atoms with E-state index in [1.54, 1.807) is 6.92 Å². The Hall–Kier alpha value is -1.35. The van der Waals surface area contributed by atoms with Crippen LogP contribution in [0.4, 0.5) is 5.69 Å². The van der Waals surface area contributed by atoms with E-state index in [9.17, 15) is 4.79 Å². The van der Waals surface area contributed by atoms with Crippen LogP contribution in [0.15, 0.2) is 18.2 Å². The zero-order valence-corrected chi connectivity index (χ0v) is 9.63. The number of rotatable bonds is 3. The fourth-order valence-corrected chi connectivity index (χ4v) is 1.40. The molecule has 0 radical (unpaired) electrons. The van der Waals surface area contributed by atoms with Gasteiger partial charge in [0.2, 0.25) is 0 Å². The molecule has 0 spiro atoms. The topological polar surface area (TPSA) is 38.3 Å². The molecule has 1 aromatic carbocycles. The molecule has 0 saturated carbocycles. The van der Waals surface area contributed by atoms with Crippen LogP contribution in [-0.4, -0.2) is 19.1 Å². The summed E-state index contributed by atoms with van der Waals surface area (Å²) in [5.74, 6) is -0.123. The van der Waals surface area contributed by atoms with Crippen LogP contribution < -0.4 is 5.32 Å². The Balaban J connectivity index is 2.76. The number of ether oxygens (including phenoxy) is 1. The predicted octanol–water partition coefficient (Wildman–Crippen LogP) is 2.28. The maximum atomic E-state index is 11.5. The smallest absolute Gasteiger partial charge is 0.253 e. The van der Waals surface area contributed by atoms with Gasteiger partial charge in [0.1, 0.15) is 6.10 Å². The van der Waals surface area contributed by atoms with Gasteiger partial charge in [0, 0.05) is 12.8 Å². The lowest BCUT2D eigenvalue weighted by Gasteiger charge is -2.11. The van der Waals surface area contributed by atoms with Crippen LogP contribution in [-0.2, 0) is 9.53 Å². The minimum Gasteiger partial charge on any atom is -0.372 e. The fraction of sp³-hybridized carbons (Fsp3) is 0.417. The second kappa shape index (κ2) is 4.94. The van der Waals surface area contributed by atoms with E-state index in [1.807, 2.05) is 26.0 Å². The minimum atomic E-state index is -0.425. The van der Waals surface area contributed by atoms with Crippen LogP contribution in [0, 0.1) is 13.8 Å². The van der Waals surface area contributed by atoms with Crippen LogP contribution in [0.3, 0.4) is 0 Å². The Morgan fingerprint density at radius 2 is 1.80 bits per heavy atom. The van der Waals surface area contributed by atoms with Gasteiger partial charge in [-0.3, -0.25) is 4.79 Å². The summed E-state index contributed by atoms with van der Waals surface area (Å²) < 4.78 is 4.93. The van der Waals surface area contributed by atoms with Gasteiger partial charge in [-0.05, 0) is 44.0 Å². The first-order valence-electron chi connectivity index (χ1n) is 4.95. The molecule has 1 unspecified atom stereocenters. The van der Waals surface area contributed by atoms with E-state index in [-0.39, 0.29) is 5.91 Å². The largest absolute Gasteiger partial charge is 0.372 e. The van der Waals surface area contributed by atoms with Gasteiger partial charge in [-0.2, -0.15) is 0 Å². The highest BCUT2D eigenvalue weighted by Crippen LogP contribution is 2.14. The third-order valence-electron chi connectivity index (χ3n) is 2.21.